The number of hydrogen-bond acceptors (Lipinski definition) is 4. The first-order valence-corrected chi connectivity index (χ1v) is 15.1. The Morgan fingerprint density at radius 3 is 2.27 bits per heavy atom. The molecule has 3 amide bonds. The molecular formula is C32H27ClIN3O3S. The molecule has 9 heteroatoms. The first-order valence-electron chi connectivity index (χ1n) is 12.8. The number of carbonyl (C=O) groups is 3. The second-order valence-electron chi connectivity index (χ2n) is 8.89. The summed E-state index contributed by atoms with van der Waals surface area (Å²) >= 11 is 9.96. The van der Waals surface area contributed by atoms with Crippen molar-refractivity contribution >= 4 is 81.1 Å². The van der Waals surface area contributed by atoms with Crippen LogP contribution in [0.15, 0.2) is 114 Å². The Balaban J connectivity index is 1.50. The molecule has 4 aromatic rings. The molecule has 41 heavy (non-hydrogen) atoms. The van der Waals surface area contributed by atoms with E-state index >= 15 is 0 Å². The minimum absolute atomic E-state index is 0.0355. The minimum Gasteiger partial charge on any atom is -0.325 e. The van der Waals surface area contributed by atoms with Crippen LogP contribution in [0.4, 0.5) is 11.4 Å². The van der Waals surface area contributed by atoms with Crippen LogP contribution in [0.3, 0.4) is 0 Å². The van der Waals surface area contributed by atoms with Crippen LogP contribution in [0.2, 0.25) is 5.02 Å². The van der Waals surface area contributed by atoms with E-state index < -0.39 is 11.8 Å². The average Bonchev–Trinajstić information content (AvgIpc) is 2.98. The summed E-state index contributed by atoms with van der Waals surface area (Å²) < 4.78 is 1.09. The lowest BCUT2D eigenvalue weighted by atomic mass is 10.1. The van der Waals surface area contributed by atoms with Gasteiger partial charge in [0, 0.05) is 30.4 Å². The summed E-state index contributed by atoms with van der Waals surface area (Å²) in [6.07, 6.45) is 2.16. The molecule has 1 unspecified atom stereocenters. The van der Waals surface area contributed by atoms with Crippen LogP contribution in [-0.2, 0) is 9.59 Å². The van der Waals surface area contributed by atoms with Gasteiger partial charge in [-0.15, -0.1) is 11.8 Å². The molecule has 6 nitrogen and oxygen atoms in total. The number of nitrogens with one attached hydrogen (secondary N) is 3. The fraction of sp³-hybridized carbons (Fsp3) is 0.0938. The third-order valence-electron chi connectivity index (χ3n) is 5.88. The van der Waals surface area contributed by atoms with Gasteiger partial charge in [0.2, 0.25) is 5.91 Å². The molecule has 0 aliphatic heterocycles. The summed E-state index contributed by atoms with van der Waals surface area (Å²) in [7, 11) is 0. The fourth-order valence-electron chi connectivity index (χ4n) is 3.78. The molecule has 3 N–H and O–H groups in total. The minimum atomic E-state index is -0.514. The van der Waals surface area contributed by atoms with Crippen LogP contribution in [0.1, 0.15) is 29.3 Å². The third-order valence-corrected chi connectivity index (χ3v) is 8.30. The van der Waals surface area contributed by atoms with E-state index in [9.17, 15) is 14.4 Å². The lowest BCUT2D eigenvalue weighted by Crippen LogP contribution is -2.30. The van der Waals surface area contributed by atoms with Crippen LogP contribution in [-0.4, -0.2) is 23.0 Å². The zero-order chi connectivity index (χ0) is 29.2. The van der Waals surface area contributed by atoms with Gasteiger partial charge in [-0.2, -0.15) is 0 Å². The number of amides is 3. The highest BCUT2D eigenvalue weighted by molar-refractivity contribution is 14.1. The number of anilines is 2. The topological polar surface area (TPSA) is 87.3 Å². The first kappa shape index (κ1) is 30.4. The van der Waals surface area contributed by atoms with Gasteiger partial charge in [-0.1, -0.05) is 61.0 Å². The van der Waals surface area contributed by atoms with E-state index in [1.165, 1.54) is 11.8 Å². The maximum atomic E-state index is 13.4. The van der Waals surface area contributed by atoms with Crippen LogP contribution in [0, 0.1) is 3.57 Å². The van der Waals surface area contributed by atoms with Crippen molar-refractivity contribution in [2.24, 2.45) is 0 Å². The predicted molar refractivity (Wildman–Crippen MR) is 176 cm³/mol. The van der Waals surface area contributed by atoms with E-state index in [4.69, 9.17) is 11.6 Å². The second kappa shape index (κ2) is 14.9. The molecule has 0 saturated heterocycles. The van der Waals surface area contributed by atoms with Crippen molar-refractivity contribution in [1.82, 2.24) is 5.32 Å². The molecule has 1 atom stereocenters. The smallest absolute Gasteiger partial charge is 0.272 e. The van der Waals surface area contributed by atoms with Gasteiger partial charge in [0.25, 0.3) is 11.8 Å². The Morgan fingerprint density at radius 2 is 1.56 bits per heavy atom. The Bertz CT molecular complexity index is 1560. The molecule has 4 rings (SSSR count). The van der Waals surface area contributed by atoms with Crippen molar-refractivity contribution in [1.29, 1.82) is 0 Å². The van der Waals surface area contributed by atoms with Gasteiger partial charge in [0.05, 0.1) is 5.25 Å². The predicted octanol–water partition coefficient (Wildman–Crippen LogP) is 7.86. The van der Waals surface area contributed by atoms with E-state index in [0.717, 1.165) is 14.2 Å². The maximum absolute atomic E-state index is 13.4. The van der Waals surface area contributed by atoms with Crippen molar-refractivity contribution in [3.63, 3.8) is 0 Å². The number of carbonyl (C=O) groups excluding carboxylic acids is 3. The standard InChI is InChI=1S/C32H27ClIN3O3S/c1-2-29(32(40)35-24-17-15-23(34)16-18-24)41-26-13-8-12-25(20-26)36-31(39)28(19-22-11-6-7-14-27(22)33)37-30(38)21-9-4-3-5-10-21/h3-20,29H,2H2,1H3,(H,35,40)(H,36,39)(H,37,38)/b28-19+. The highest BCUT2D eigenvalue weighted by Gasteiger charge is 2.19. The number of hydrogen-bond donors (Lipinski definition) is 3. The molecule has 0 fully saturated rings. The lowest BCUT2D eigenvalue weighted by Gasteiger charge is -2.16. The van der Waals surface area contributed by atoms with Gasteiger partial charge >= 0.3 is 0 Å². The normalized spacial score (nSPS) is 11.8. The Morgan fingerprint density at radius 1 is 0.854 bits per heavy atom. The van der Waals surface area contributed by atoms with Crippen LogP contribution in [0.5, 0.6) is 0 Å². The molecule has 0 radical (unpaired) electrons. The number of rotatable bonds is 10. The molecule has 0 spiro atoms. The molecule has 0 saturated carbocycles. The number of halogens is 2. The summed E-state index contributed by atoms with van der Waals surface area (Å²) in [5, 5.41) is 8.67. The highest BCUT2D eigenvalue weighted by Crippen LogP contribution is 2.29. The summed E-state index contributed by atoms with van der Waals surface area (Å²) in [6.45, 7) is 1.96. The van der Waals surface area contributed by atoms with Crippen LogP contribution >= 0.6 is 46.0 Å². The van der Waals surface area contributed by atoms with Crippen molar-refractivity contribution in [2.45, 2.75) is 23.5 Å². The molecule has 4 aromatic carbocycles. The third kappa shape index (κ3) is 8.94. The molecule has 0 aromatic heterocycles. The molecule has 0 aliphatic rings. The fourth-order valence-corrected chi connectivity index (χ4v) is 5.34. The van der Waals surface area contributed by atoms with Gasteiger partial charge in [-0.25, -0.2) is 0 Å². The second-order valence-corrected chi connectivity index (χ2v) is 11.8. The van der Waals surface area contributed by atoms with E-state index in [1.807, 2.05) is 49.4 Å². The van der Waals surface area contributed by atoms with E-state index in [1.54, 1.807) is 66.7 Å². The molecule has 0 heterocycles. The largest absolute Gasteiger partial charge is 0.325 e. The summed E-state index contributed by atoms with van der Waals surface area (Å²) in [4.78, 5) is 40.1. The summed E-state index contributed by atoms with van der Waals surface area (Å²) in [5.74, 6) is -1.03. The van der Waals surface area contributed by atoms with Crippen LogP contribution in [0.25, 0.3) is 6.08 Å². The molecule has 208 valence electrons. The summed E-state index contributed by atoms with van der Waals surface area (Å²) in [5.41, 5.74) is 2.30. The zero-order valence-electron chi connectivity index (χ0n) is 22.1. The van der Waals surface area contributed by atoms with Gasteiger partial charge in [0.1, 0.15) is 5.70 Å². The molecule has 0 aliphatic carbocycles. The molecule has 0 bridgehead atoms. The Labute approximate surface area is 262 Å². The zero-order valence-corrected chi connectivity index (χ0v) is 25.8. The van der Waals surface area contributed by atoms with Gasteiger partial charge in [-0.05, 0) is 101 Å². The van der Waals surface area contributed by atoms with Gasteiger partial charge in [-0.3, -0.25) is 14.4 Å². The average molecular weight is 696 g/mol. The SMILES string of the molecule is CCC(Sc1cccc(NC(=O)/C(=C\c2ccccc2Cl)NC(=O)c2ccccc2)c1)C(=O)Nc1ccc(I)cc1. The number of benzene rings is 4. The Hall–Kier alpha value is -3.60. The summed E-state index contributed by atoms with van der Waals surface area (Å²) in [6, 6.07) is 30.6. The number of thioether (sulfide) groups is 1. The van der Waals surface area contributed by atoms with E-state index in [-0.39, 0.29) is 16.9 Å². The first-order chi connectivity index (χ1) is 19.8. The maximum Gasteiger partial charge on any atom is 0.272 e. The molecular weight excluding hydrogens is 669 g/mol. The van der Waals surface area contributed by atoms with Gasteiger partial charge in [0.15, 0.2) is 0 Å². The quantitative estimate of drug-likeness (QED) is 0.0896. The van der Waals surface area contributed by atoms with Crippen LogP contribution < -0.4 is 16.0 Å². The Kier molecular flexibility index (Phi) is 11.0. The highest BCUT2D eigenvalue weighted by atomic mass is 127. The van der Waals surface area contributed by atoms with Crippen molar-refractivity contribution < 1.29 is 14.4 Å². The van der Waals surface area contributed by atoms with Crippen molar-refractivity contribution in [3.8, 4) is 0 Å². The van der Waals surface area contributed by atoms with Gasteiger partial charge < -0.3 is 16.0 Å². The van der Waals surface area contributed by atoms with E-state index in [2.05, 4.69) is 38.5 Å². The van der Waals surface area contributed by atoms with Crippen molar-refractivity contribution in [2.75, 3.05) is 10.6 Å². The lowest BCUT2D eigenvalue weighted by molar-refractivity contribution is -0.116. The monoisotopic (exact) mass is 695 g/mol. The van der Waals surface area contributed by atoms with Crippen molar-refractivity contribution in [3.05, 3.63) is 129 Å². The van der Waals surface area contributed by atoms with E-state index in [0.29, 0.717) is 28.3 Å².